The van der Waals surface area contributed by atoms with Crippen LogP contribution in [0.3, 0.4) is 0 Å². The van der Waals surface area contributed by atoms with E-state index in [0.29, 0.717) is 12.6 Å². The fraction of sp³-hybridized carbons (Fsp3) is 0.867. The zero-order chi connectivity index (χ0) is 15.2. The van der Waals surface area contributed by atoms with Gasteiger partial charge in [-0.2, -0.15) is 0 Å². The zero-order valence-corrected chi connectivity index (χ0v) is 13.2. The Morgan fingerprint density at radius 3 is 2.30 bits per heavy atom. The normalized spacial score (nSPS) is 16.8. The summed E-state index contributed by atoms with van der Waals surface area (Å²) in [5.41, 5.74) is -0.486. The van der Waals surface area contributed by atoms with Crippen LogP contribution in [-0.4, -0.2) is 48.1 Å². The lowest BCUT2D eigenvalue weighted by molar-refractivity contribution is -0.156. The van der Waals surface area contributed by atoms with Crippen LogP contribution in [0.4, 0.5) is 0 Å². The Labute approximate surface area is 122 Å². The Morgan fingerprint density at radius 1 is 1.20 bits per heavy atom. The highest BCUT2D eigenvalue weighted by Crippen LogP contribution is 2.15. The van der Waals surface area contributed by atoms with Gasteiger partial charge in [-0.3, -0.25) is 9.59 Å². The van der Waals surface area contributed by atoms with E-state index in [2.05, 4.69) is 5.32 Å². The first-order valence-corrected chi connectivity index (χ1v) is 7.55. The molecule has 1 fully saturated rings. The van der Waals surface area contributed by atoms with Crippen LogP contribution in [0, 0.1) is 0 Å². The van der Waals surface area contributed by atoms with Gasteiger partial charge in [0.05, 0.1) is 6.42 Å². The van der Waals surface area contributed by atoms with E-state index in [1.807, 2.05) is 32.6 Å². The molecule has 1 aliphatic rings. The summed E-state index contributed by atoms with van der Waals surface area (Å²) in [7, 11) is 0. The van der Waals surface area contributed by atoms with Crippen molar-refractivity contribution < 1.29 is 14.3 Å². The summed E-state index contributed by atoms with van der Waals surface area (Å²) in [5.74, 6) is -0.238. The van der Waals surface area contributed by atoms with Crippen molar-refractivity contribution >= 4 is 11.9 Å². The molecule has 0 aromatic carbocycles. The minimum absolute atomic E-state index is 0.0604. The lowest BCUT2D eigenvalue weighted by Gasteiger charge is -2.34. The maximum Gasteiger partial charge on any atom is 0.306 e. The molecule has 1 aliphatic heterocycles. The van der Waals surface area contributed by atoms with Crippen molar-refractivity contribution in [2.75, 3.05) is 19.6 Å². The van der Waals surface area contributed by atoms with Crippen molar-refractivity contribution in [3.63, 3.8) is 0 Å². The number of hydrogen-bond donors (Lipinski definition) is 1. The standard InChI is InChI=1S/C15H28N2O3/c1-5-17(12-8-10-16-11-9-12)13(18)6-7-14(19)20-15(2,3)4/h12,16H,5-11H2,1-4H3. The topological polar surface area (TPSA) is 58.6 Å². The number of rotatable bonds is 5. The number of ether oxygens (including phenoxy) is 1. The molecule has 0 atom stereocenters. The third-order valence-corrected chi connectivity index (χ3v) is 3.37. The largest absolute Gasteiger partial charge is 0.460 e. The summed E-state index contributed by atoms with van der Waals surface area (Å²) in [4.78, 5) is 25.8. The summed E-state index contributed by atoms with van der Waals surface area (Å²) in [5, 5.41) is 3.30. The Morgan fingerprint density at radius 2 is 1.80 bits per heavy atom. The number of nitrogens with zero attached hydrogens (tertiary/aromatic N) is 1. The van der Waals surface area contributed by atoms with E-state index in [9.17, 15) is 9.59 Å². The van der Waals surface area contributed by atoms with E-state index in [1.165, 1.54) is 0 Å². The van der Waals surface area contributed by atoms with Gasteiger partial charge in [-0.1, -0.05) is 0 Å². The molecule has 1 rings (SSSR count). The summed E-state index contributed by atoms with van der Waals surface area (Å²) in [6.45, 7) is 10.1. The molecule has 0 aromatic rings. The summed E-state index contributed by atoms with van der Waals surface area (Å²) in [6, 6.07) is 0.312. The average Bonchev–Trinajstić information content (AvgIpc) is 2.36. The second-order valence-electron chi connectivity index (χ2n) is 6.25. The molecule has 0 aromatic heterocycles. The highest BCUT2D eigenvalue weighted by molar-refractivity contribution is 5.81. The monoisotopic (exact) mass is 284 g/mol. The number of piperidine rings is 1. The molecule has 0 aliphatic carbocycles. The molecule has 5 nitrogen and oxygen atoms in total. The Bertz CT molecular complexity index is 331. The molecule has 1 saturated heterocycles. The van der Waals surface area contributed by atoms with Gasteiger partial charge in [-0.05, 0) is 53.6 Å². The van der Waals surface area contributed by atoms with Crippen LogP contribution < -0.4 is 5.32 Å². The first kappa shape index (κ1) is 17.0. The Balaban J connectivity index is 2.41. The Hall–Kier alpha value is -1.10. The van der Waals surface area contributed by atoms with Crippen LogP contribution >= 0.6 is 0 Å². The molecule has 0 unspecified atom stereocenters. The second kappa shape index (κ2) is 7.62. The summed E-state index contributed by atoms with van der Waals surface area (Å²) in [6.07, 6.45) is 2.39. The highest BCUT2D eigenvalue weighted by atomic mass is 16.6. The van der Waals surface area contributed by atoms with Gasteiger partial charge in [0.15, 0.2) is 0 Å². The SMILES string of the molecule is CCN(C(=O)CCC(=O)OC(C)(C)C)C1CCNCC1. The van der Waals surface area contributed by atoms with E-state index in [-0.39, 0.29) is 24.7 Å². The van der Waals surface area contributed by atoms with Crippen LogP contribution in [0.5, 0.6) is 0 Å². The molecule has 20 heavy (non-hydrogen) atoms. The number of esters is 1. The summed E-state index contributed by atoms with van der Waals surface area (Å²) >= 11 is 0. The predicted octanol–water partition coefficient (Wildman–Crippen LogP) is 1.71. The van der Waals surface area contributed by atoms with Gasteiger partial charge in [-0.15, -0.1) is 0 Å². The number of carbonyl (C=O) groups excluding carboxylic acids is 2. The number of carbonyl (C=O) groups is 2. The molecule has 5 heteroatoms. The second-order valence-corrected chi connectivity index (χ2v) is 6.25. The van der Waals surface area contributed by atoms with E-state index < -0.39 is 5.60 Å². The third kappa shape index (κ3) is 5.90. The van der Waals surface area contributed by atoms with Crippen LogP contribution in [0.15, 0.2) is 0 Å². The van der Waals surface area contributed by atoms with Gasteiger partial charge in [0, 0.05) is 19.0 Å². The van der Waals surface area contributed by atoms with E-state index in [1.54, 1.807) is 0 Å². The molecule has 0 radical (unpaired) electrons. The molecule has 0 saturated carbocycles. The van der Waals surface area contributed by atoms with Crippen molar-refractivity contribution in [1.82, 2.24) is 10.2 Å². The molecule has 0 spiro atoms. The first-order chi connectivity index (χ1) is 9.33. The molecular formula is C15H28N2O3. The molecule has 1 heterocycles. The van der Waals surface area contributed by atoms with Gasteiger partial charge < -0.3 is 15.0 Å². The Kier molecular flexibility index (Phi) is 6.46. The highest BCUT2D eigenvalue weighted by Gasteiger charge is 2.25. The van der Waals surface area contributed by atoms with Gasteiger partial charge in [0.2, 0.25) is 5.91 Å². The number of nitrogens with one attached hydrogen (secondary N) is 1. The van der Waals surface area contributed by atoms with Crippen molar-refractivity contribution in [2.45, 2.75) is 65.0 Å². The van der Waals surface area contributed by atoms with Crippen molar-refractivity contribution in [1.29, 1.82) is 0 Å². The fourth-order valence-corrected chi connectivity index (χ4v) is 2.50. The maximum atomic E-state index is 12.2. The van der Waals surface area contributed by atoms with Gasteiger partial charge in [-0.25, -0.2) is 0 Å². The van der Waals surface area contributed by atoms with Gasteiger partial charge in [0.1, 0.15) is 5.60 Å². The van der Waals surface area contributed by atoms with Gasteiger partial charge >= 0.3 is 5.97 Å². The summed E-state index contributed by atoms with van der Waals surface area (Å²) < 4.78 is 5.23. The fourth-order valence-electron chi connectivity index (χ4n) is 2.50. The van der Waals surface area contributed by atoms with Crippen LogP contribution in [-0.2, 0) is 14.3 Å². The van der Waals surface area contributed by atoms with Crippen molar-refractivity contribution in [3.05, 3.63) is 0 Å². The van der Waals surface area contributed by atoms with Crippen LogP contribution in [0.25, 0.3) is 0 Å². The minimum Gasteiger partial charge on any atom is -0.460 e. The lowest BCUT2D eigenvalue weighted by atomic mass is 10.0. The third-order valence-electron chi connectivity index (χ3n) is 3.37. The lowest BCUT2D eigenvalue weighted by Crippen LogP contribution is -2.46. The molecule has 1 N–H and O–H groups in total. The quantitative estimate of drug-likeness (QED) is 0.781. The molecule has 1 amide bonds. The maximum absolute atomic E-state index is 12.2. The number of amides is 1. The first-order valence-electron chi connectivity index (χ1n) is 7.55. The van der Waals surface area contributed by atoms with Gasteiger partial charge in [0.25, 0.3) is 0 Å². The van der Waals surface area contributed by atoms with Crippen LogP contribution in [0.2, 0.25) is 0 Å². The van der Waals surface area contributed by atoms with Crippen LogP contribution in [0.1, 0.15) is 53.4 Å². The van der Waals surface area contributed by atoms with E-state index >= 15 is 0 Å². The smallest absolute Gasteiger partial charge is 0.306 e. The average molecular weight is 284 g/mol. The van der Waals surface area contributed by atoms with E-state index in [4.69, 9.17) is 4.74 Å². The number of hydrogen-bond acceptors (Lipinski definition) is 4. The molecule has 116 valence electrons. The van der Waals surface area contributed by atoms with Crippen molar-refractivity contribution in [2.24, 2.45) is 0 Å². The minimum atomic E-state index is -0.486. The molecular weight excluding hydrogens is 256 g/mol. The zero-order valence-electron chi connectivity index (χ0n) is 13.2. The molecule has 0 bridgehead atoms. The predicted molar refractivity (Wildman–Crippen MR) is 78.4 cm³/mol. The van der Waals surface area contributed by atoms with E-state index in [0.717, 1.165) is 25.9 Å². The van der Waals surface area contributed by atoms with Crippen molar-refractivity contribution in [3.8, 4) is 0 Å².